The summed E-state index contributed by atoms with van der Waals surface area (Å²) in [6, 6.07) is 6.13. The van der Waals surface area contributed by atoms with Gasteiger partial charge in [0.2, 0.25) is 0 Å². The molecule has 10 heteroatoms. The molecule has 0 saturated heterocycles. The minimum atomic E-state index is -4.51. The molecule has 7 nitrogen and oxygen atoms in total. The topological polar surface area (TPSA) is 76.8 Å². The molecule has 0 N–H and O–H groups in total. The van der Waals surface area contributed by atoms with Crippen LogP contribution in [0.3, 0.4) is 0 Å². The van der Waals surface area contributed by atoms with Gasteiger partial charge in [0.1, 0.15) is 6.33 Å². The summed E-state index contributed by atoms with van der Waals surface area (Å²) < 4.78 is 40.5. The van der Waals surface area contributed by atoms with E-state index < -0.39 is 17.6 Å². The molecule has 1 aromatic carbocycles. The molecule has 0 radical (unpaired) electrons. The highest BCUT2D eigenvalue weighted by molar-refractivity contribution is 5.94. The first kappa shape index (κ1) is 19.0. The summed E-state index contributed by atoms with van der Waals surface area (Å²) in [7, 11) is 0. The van der Waals surface area contributed by atoms with E-state index in [1.807, 2.05) is 0 Å². The summed E-state index contributed by atoms with van der Waals surface area (Å²) in [6.45, 7) is 0.529. The number of carbonyl (C=O) groups is 1. The lowest BCUT2D eigenvalue weighted by Crippen LogP contribution is -2.34. The van der Waals surface area contributed by atoms with Gasteiger partial charge in [0, 0.05) is 24.5 Å². The van der Waals surface area contributed by atoms with Crippen LogP contribution in [0, 0.1) is 5.92 Å². The predicted octanol–water partition coefficient (Wildman–Crippen LogP) is 3.13. The number of nitrogens with zero attached hydrogens (tertiary/aromatic N) is 6. The summed E-state index contributed by atoms with van der Waals surface area (Å²) in [6.07, 6.45) is 1.91. The van der Waals surface area contributed by atoms with Gasteiger partial charge in [-0.15, -0.1) is 0 Å². The molecule has 0 bridgehead atoms. The van der Waals surface area contributed by atoms with Gasteiger partial charge in [-0.1, -0.05) is 6.07 Å². The normalized spacial score (nSPS) is 14.0. The van der Waals surface area contributed by atoms with E-state index in [0.717, 1.165) is 25.0 Å². The van der Waals surface area contributed by atoms with Crippen molar-refractivity contribution in [3.05, 3.63) is 66.0 Å². The molecule has 1 amide bonds. The number of alkyl halides is 3. The molecule has 2 heterocycles. The molecule has 1 aliphatic rings. The van der Waals surface area contributed by atoms with Crippen molar-refractivity contribution in [1.29, 1.82) is 0 Å². The number of benzene rings is 1. The van der Waals surface area contributed by atoms with E-state index in [1.54, 1.807) is 18.5 Å². The van der Waals surface area contributed by atoms with E-state index in [4.69, 9.17) is 0 Å². The van der Waals surface area contributed by atoms with Gasteiger partial charge in [-0.3, -0.25) is 4.79 Å². The van der Waals surface area contributed by atoms with E-state index in [9.17, 15) is 18.0 Å². The van der Waals surface area contributed by atoms with Crippen molar-refractivity contribution in [2.45, 2.75) is 25.6 Å². The second-order valence-corrected chi connectivity index (χ2v) is 6.84. The van der Waals surface area contributed by atoms with Crippen LogP contribution in [0.25, 0.3) is 5.95 Å². The average Bonchev–Trinajstić information content (AvgIpc) is 3.42. The Morgan fingerprint density at radius 1 is 1.14 bits per heavy atom. The molecule has 0 aliphatic heterocycles. The predicted molar refractivity (Wildman–Crippen MR) is 95.9 cm³/mol. The molecule has 3 aromatic rings. The number of hydrogen-bond donors (Lipinski definition) is 0. The van der Waals surface area contributed by atoms with Crippen LogP contribution in [0.5, 0.6) is 0 Å². The number of hydrogen-bond acceptors (Lipinski definition) is 5. The average molecular weight is 402 g/mol. The second kappa shape index (κ2) is 7.61. The Kier molecular flexibility index (Phi) is 4.99. The first-order valence-corrected chi connectivity index (χ1v) is 9.04. The molecule has 150 valence electrons. The lowest BCUT2D eigenvalue weighted by molar-refractivity contribution is -0.137. The Morgan fingerprint density at radius 2 is 1.90 bits per heavy atom. The highest BCUT2D eigenvalue weighted by Crippen LogP contribution is 2.32. The van der Waals surface area contributed by atoms with Gasteiger partial charge in [-0.05, 0) is 43.0 Å². The van der Waals surface area contributed by atoms with Crippen LogP contribution in [0.2, 0.25) is 0 Å². The molecule has 0 atom stereocenters. The van der Waals surface area contributed by atoms with Gasteiger partial charge in [0.15, 0.2) is 5.82 Å². The maximum atomic E-state index is 13.0. The van der Waals surface area contributed by atoms with Crippen LogP contribution in [0.1, 0.15) is 34.6 Å². The molecule has 4 rings (SSSR count). The molecule has 29 heavy (non-hydrogen) atoms. The van der Waals surface area contributed by atoms with Crippen LogP contribution < -0.4 is 0 Å². The first-order chi connectivity index (χ1) is 13.9. The Labute approximate surface area is 164 Å². The molecular formula is C19H17F3N6O. The first-order valence-electron chi connectivity index (χ1n) is 9.04. The zero-order chi connectivity index (χ0) is 20.4. The summed E-state index contributed by atoms with van der Waals surface area (Å²) in [4.78, 5) is 27.0. The second-order valence-electron chi connectivity index (χ2n) is 6.84. The number of amides is 1. The maximum absolute atomic E-state index is 13.0. The van der Waals surface area contributed by atoms with Crippen molar-refractivity contribution in [3.63, 3.8) is 0 Å². The molecule has 1 fully saturated rings. The van der Waals surface area contributed by atoms with Crippen molar-refractivity contribution < 1.29 is 18.0 Å². The quantitative estimate of drug-likeness (QED) is 0.633. The van der Waals surface area contributed by atoms with Crippen LogP contribution in [0.4, 0.5) is 13.2 Å². The SMILES string of the molecule is O=C(c1cccc(C(F)(F)F)c1)N(Cc1ncnn1-c1ncccn1)CC1CC1. The minimum absolute atomic E-state index is 0.0116. The van der Waals surface area contributed by atoms with Crippen LogP contribution in [0.15, 0.2) is 49.1 Å². The lowest BCUT2D eigenvalue weighted by Gasteiger charge is -2.22. The van der Waals surface area contributed by atoms with Gasteiger partial charge >= 0.3 is 6.18 Å². The largest absolute Gasteiger partial charge is 0.416 e. The fourth-order valence-electron chi connectivity index (χ4n) is 2.95. The van der Waals surface area contributed by atoms with E-state index in [-0.39, 0.29) is 12.1 Å². The molecule has 0 spiro atoms. The van der Waals surface area contributed by atoms with E-state index >= 15 is 0 Å². The van der Waals surface area contributed by atoms with E-state index in [2.05, 4.69) is 20.1 Å². The van der Waals surface area contributed by atoms with Crippen molar-refractivity contribution in [1.82, 2.24) is 29.6 Å². The summed E-state index contributed by atoms with van der Waals surface area (Å²) in [5.41, 5.74) is -0.863. The summed E-state index contributed by atoms with van der Waals surface area (Å²) in [5.74, 6) is 0.593. The lowest BCUT2D eigenvalue weighted by atomic mass is 10.1. The van der Waals surface area contributed by atoms with Gasteiger partial charge < -0.3 is 4.90 Å². The Morgan fingerprint density at radius 3 is 2.59 bits per heavy atom. The van der Waals surface area contributed by atoms with Gasteiger partial charge in [-0.2, -0.15) is 23.0 Å². The smallest absolute Gasteiger partial charge is 0.331 e. The maximum Gasteiger partial charge on any atom is 0.416 e. The van der Waals surface area contributed by atoms with E-state index in [1.165, 1.54) is 28.0 Å². The number of aromatic nitrogens is 5. The van der Waals surface area contributed by atoms with Gasteiger partial charge in [-0.25, -0.2) is 15.0 Å². The standard InChI is InChI=1S/C19H17F3N6O/c20-19(21,22)15-4-1-3-14(9-15)17(29)27(10-13-5-6-13)11-16-25-12-26-28(16)18-23-7-2-8-24-18/h1-4,7-9,12-13H,5-6,10-11H2. The summed E-state index contributed by atoms with van der Waals surface area (Å²) in [5, 5.41) is 4.11. The monoisotopic (exact) mass is 402 g/mol. The highest BCUT2D eigenvalue weighted by Gasteiger charge is 2.32. The third-order valence-corrected chi connectivity index (χ3v) is 4.59. The van der Waals surface area contributed by atoms with Gasteiger partial charge in [0.05, 0.1) is 12.1 Å². The molecule has 1 aliphatic carbocycles. The molecule has 1 saturated carbocycles. The van der Waals surface area contributed by atoms with E-state index in [0.29, 0.717) is 24.2 Å². The third-order valence-electron chi connectivity index (χ3n) is 4.59. The molecule has 0 unspecified atom stereocenters. The highest BCUT2D eigenvalue weighted by atomic mass is 19.4. The van der Waals surface area contributed by atoms with Crippen molar-refractivity contribution >= 4 is 5.91 Å². The zero-order valence-corrected chi connectivity index (χ0v) is 15.3. The molecule has 2 aromatic heterocycles. The fraction of sp³-hybridized carbons (Fsp3) is 0.316. The fourth-order valence-corrected chi connectivity index (χ4v) is 2.95. The Hall–Kier alpha value is -3.30. The number of carbonyl (C=O) groups excluding carboxylic acids is 1. The van der Waals surface area contributed by atoms with Crippen LogP contribution >= 0.6 is 0 Å². The van der Waals surface area contributed by atoms with Crippen LogP contribution in [-0.2, 0) is 12.7 Å². The number of rotatable bonds is 6. The Bertz CT molecular complexity index is 1000. The van der Waals surface area contributed by atoms with Crippen molar-refractivity contribution in [2.75, 3.05) is 6.54 Å². The molecular weight excluding hydrogens is 385 g/mol. The minimum Gasteiger partial charge on any atom is -0.331 e. The number of halogens is 3. The van der Waals surface area contributed by atoms with Gasteiger partial charge in [0.25, 0.3) is 11.9 Å². The Balaban J connectivity index is 1.61. The van der Waals surface area contributed by atoms with Crippen molar-refractivity contribution in [3.8, 4) is 5.95 Å². The van der Waals surface area contributed by atoms with Crippen molar-refractivity contribution in [2.24, 2.45) is 5.92 Å². The zero-order valence-electron chi connectivity index (χ0n) is 15.3. The van der Waals surface area contributed by atoms with Crippen LogP contribution in [-0.4, -0.2) is 42.1 Å². The summed E-state index contributed by atoms with van der Waals surface area (Å²) >= 11 is 0. The third kappa shape index (κ3) is 4.41.